The molecule has 2 fully saturated rings. The lowest BCUT2D eigenvalue weighted by molar-refractivity contribution is 0.0336. The third kappa shape index (κ3) is 6.26. The van der Waals surface area contributed by atoms with Gasteiger partial charge in [0.1, 0.15) is 5.52 Å². The third-order valence-electron chi connectivity index (χ3n) is 6.99. The van der Waals surface area contributed by atoms with E-state index in [-0.39, 0.29) is 5.82 Å². The predicted molar refractivity (Wildman–Crippen MR) is 149 cm³/mol. The molecular weight excluding hydrogens is 501 g/mol. The predicted octanol–water partition coefficient (Wildman–Crippen LogP) is 3.41. The van der Waals surface area contributed by atoms with Crippen LogP contribution in [0.1, 0.15) is 23.2 Å². The van der Waals surface area contributed by atoms with Gasteiger partial charge in [-0.3, -0.25) is 9.48 Å². The Kier molecular flexibility index (Phi) is 8.48. The van der Waals surface area contributed by atoms with Gasteiger partial charge < -0.3 is 25.0 Å². The van der Waals surface area contributed by atoms with E-state index < -0.39 is 0 Å². The van der Waals surface area contributed by atoms with Gasteiger partial charge in [0, 0.05) is 92.9 Å². The summed E-state index contributed by atoms with van der Waals surface area (Å²) in [5.74, 6) is 0.0863. The molecule has 39 heavy (non-hydrogen) atoms. The number of nitrogens with zero attached hydrogens (tertiary/aromatic N) is 5. The topological polar surface area (TPSA) is 106 Å². The first-order valence-electron chi connectivity index (χ1n) is 13.3. The van der Waals surface area contributed by atoms with Gasteiger partial charge in [0.15, 0.2) is 12.1 Å². The zero-order valence-corrected chi connectivity index (χ0v) is 22.3. The van der Waals surface area contributed by atoms with E-state index >= 15 is 0 Å². The molecule has 206 valence electrons. The van der Waals surface area contributed by atoms with Crippen molar-refractivity contribution in [1.82, 2.24) is 25.1 Å². The number of carbonyl (C=O) groups is 1. The van der Waals surface area contributed by atoms with Crippen LogP contribution in [0.5, 0.6) is 6.01 Å². The first-order chi connectivity index (χ1) is 19.1. The molecule has 2 saturated heterocycles. The molecule has 2 aliphatic heterocycles. The maximum Gasteiger partial charge on any atom is 0.316 e. The summed E-state index contributed by atoms with van der Waals surface area (Å²) < 4.78 is 26.2. The van der Waals surface area contributed by atoms with Crippen LogP contribution in [0.3, 0.4) is 0 Å². The van der Waals surface area contributed by atoms with Crippen LogP contribution < -0.4 is 20.3 Å². The number of ether oxygens (including phenoxy) is 2. The maximum atomic E-state index is 13.3. The van der Waals surface area contributed by atoms with Crippen molar-refractivity contribution in [3.8, 4) is 6.01 Å². The van der Waals surface area contributed by atoms with E-state index in [9.17, 15) is 9.18 Å². The molecule has 0 aliphatic carbocycles. The lowest BCUT2D eigenvalue weighted by atomic mass is 10.0. The molecule has 2 N–H and O–H groups in total. The van der Waals surface area contributed by atoms with Crippen molar-refractivity contribution in [1.29, 1.82) is 0 Å². The van der Waals surface area contributed by atoms with Crippen LogP contribution in [0.25, 0.3) is 21.8 Å². The Bertz CT molecular complexity index is 1430. The summed E-state index contributed by atoms with van der Waals surface area (Å²) in [5.41, 5.74) is 3.46. The Morgan fingerprint density at radius 3 is 2.85 bits per heavy atom. The van der Waals surface area contributed by atoms with Crippen molar-refractivity contribution in [2.75, 3.05) is 63.3 Å². The van der Waals surface area contributed by atoms with E-state index in [0.29, 0.717) is 35.1 Å². The zero-order valence-electron chi connectivity index (χ0n) is 22.3. The average molecular weight is 536 g/mol. The molecule has 0 saturated carbocycles. The monoisotopic (exact) mass is 535 g/mol. The summed E-state index contributed by atoms with van der Waals surface area (Å²) in [6, 6.07) is 7.45. The molecule has 1 atom stereocenters. The number of carbonyl (C=O) groups excluding carboxylic acids is 1. The molecule has 0 amide bonds. The molecule has 0 bridgehead atoms. The summed E-state index contributed by atoms with van der Waals surface area (Å²) in [6.45, 7) is 5.84. The molecule has 6 rings (SSSR count). The highest BCUT2D eigenvalue weighted by Crippen LogP contribution is 2.29. The van der Waals surface area contributed by atoms with Gasteiger partial charge in [0.25, 0.3) is 0 Å². The van der Waals surface area contributed by atoms with E-state index in [0.717, 1.165) is 80.7 Å². The SMILES string of the molecule is CNc1cc(F)c2nn(C)cc2c1.O=Cc1ccc(N2CCNCC2)c2cnc(OCC3CCCOC3)nc12. The Morgan fingerprint density at radius 1 is 1.26 bits per heavy atom. The molecule has 2 aromatic carbocycles. The minimum Gasteiger partial charge on any atom is -0.463 e. The molecule has 10 nitrogen and oxygen atoms in total. The van der Waals surface area contributed by atoms with Crippen LogP contribution in [0.15, 0.2) is 36.7 Å². The first kappa shape index (κ1) is 26.8. The fourth-order valence-electron chi connectivity index (χ4n) is 4.94. The van der Waals surface area contributed by atoms with E-state index in [1.54, 1.807) is 31.2 Å². The number of halogens is 1. The van der Waals surface area contributed by atoms with Crippen LogP contribution in [0, 0.1) is 11.7 Å². The molecule has 4 heterocycles. The molecule has 2 aliphatic rings. The number of fused-ring (bicyclic) bond motifs is 2. The summed E-state index contributed by atoms with van der Waals surface area (Å²) >= 11 is 0. The number of anilines is 2. The van der Waals surface area contributed by atoms with Gasteiger partial charge in [0.05, 0.1) is 18.7 Å². The molecule has 2 aromatic heterocycles. The van der Waals surface area contributed by atoms with Crippen molar-refractivity contribution in [2.45, 2.75) is 12.8 Å². The fourth-order valence-corrected chi connectivity index (χ4v) is 4.94. The molecule has 0 radical (unpaired) electrons. The molecule has 11 heteroatoms. The number of hydrogen-bond acceptors (Lipinski definition) is 9. The van der Waals surface area contributed by atoms with Crippen molar-refractivity contribution in [3.05, 3.63) is 48.0 Å². The lowest BCUT2D eigenvalue weighted by Gasteiger charge is -2.30. The van der Waals surface area contributed by atoms with Gasteiger partial charge >= 0.3 is 6.01 Å². The quantitative estimate of drug-likeness (QED) is 0.359. The van der Waals surface area contributed by atoms with Gasteiger partial charge in [-0.1, -0.05) is 0 Å². The number of rotatable bonds is 6. The Balaban J connectivity index is 0.000000198. The maximum absolute atomic E-state index is 13.3. The molecular formula is C28H34FN7O3. The van der Waals surface area contributed by atoms with Gasteiger partial charge in [-0.15, -0.1) is 0 Å². The van der Waals surface area contributed by atoms with Crippen LogP contribution >= 0.6 is 0 Å². The normalized spacial score (nSPS) is 17.5. The van der Waals surface area contributed by atoms with Gasteiger partial charge in [0.2, 0.25) is 0 Å². The standard InChI is InChI=1S/C19H24N4O3.C9H10FN3/c24-11-15-3-4-17(23-7-5-20-6-8-23)16-10-21-19(22-18(15)16)26-13-14-2-1-9-25-12-14;1-11-7-3-6-5-13(2)12-9(6)8(10)4-7/h3-4,10-11,14,20H,1-2,5-9,12-13H2;3-5,11H,1-2H3. The minimum atomic E-state index is -0.289. The fraction of sp³-hybridized carbons (Fsp3) is 0.429. The summed E-state index contributed by atoms with van der Waals surface area (Å²) in [5, 5.41) is 12.0. The largest absolute Gasteiger partial charge is 0.463 e. The van der Waals surface area contributed by atoms with Crippen LogP contribution in [0.4, 0.5) is 15.8 Å². The van der Waals surface area contributed by atoms with Gasteiger partial charge in [-0.05, 0) is 37.1 Å². The van der Waals surface area contributed by atoms with Crippen molar-refractivity contribution in [2.24, 2.45) is 13.0 Å². The Morgan fingerprint density at radius 2 is 2.10 bits per heavy atom. The first-order valence-corrected chi connectivity index (χ1v) is 13.3. The number of aryl methyl sites for hydroxylation is 1. The summed E-state index contributed by atoms with van der Waals surface area (Å²) in [4.78, 5) is 22.7. The number of hydrogen-bond donors (Lipinski definition) is 2. The van der Waals surface area contributed by atoms with E-state index in [4.69, 9.17) is 9.47 Å². The molecule has 1 unspecified atom stereocenters. The van der Waals surface area contributed by atoms with Crippen molar-refractivity contribution < 1.29 is 18.7 Å². The van der Waals surface area contributed by atoms with Crippen LogP contribution in [-0.4, -0.2) is 79.1 Å². The Labute approximate surface area is 226 Å². The van der Waals surface area contributed by atoms with Crippen LogP contribution in [0.2, 0.25) is 0 Å². The average Bonchev–Trinajstić information content (AvgIpc) is 3.37. The van der Waals surface area contributed by atoms with Crippen molar-refractivity contribution >= 4 is 39.5 Å². The Hall–Kier alpha value is -3.83. The van der Waals surface area contributed by atoms with Crippen LogP contribution in [-0.2, 0) is 11.8 Å². The number of aldehydes is 1. The van der Waals surface area contributed by atoms with Crippen molar-refractivity contribution in [3.63, 3.8) is 0 Å². The third-order valence-corrected chi connectivity index (χ3v) is 6.99. The highest BCUT2D eigenvalue weighted by atomic mass is 19.1. The summed E-state index contributed by atoms with van der Waals surface area (Å²) in [6.07, 6.45) is 6.57. The zero-order chi connectivity index (χ0) is 27.2. The van der Waals surface area contributed by atoms with Gasteiger partial charge in [-0.25, -0.2) is 9.37 Å². The smallest absolute Gasteiger partial charge is 0.316 e. The number of benzene rings is 2. The molecule has 0 spiro atoms. The highest BCUT2D eigenvalue weighted by molar-refractivity contribution is 6.01. The second-order valence-corrected chi connectivity index (χ2v) is 9.79. The second kappa shape index (κ2) is 12.4. The highest BCUT2D eigenvalue weighted by Gasteiger charge is 2.18. The van der Waals surface area contributed by atoms with E-state index in [1.807, 2.05) is 18.2 Å². The van der Waals surface area contributed by atoms with E-state index in [2.05, 4.69) is 30.6 Å². The summed E-state index contributed by atoms with van der Waals surface area (Å²) in [7, 11) is 3.54. The van der Waals surface area contributed by atoms with E-state index in [1.165, 1.54) is 6.07 Å². The van der Waals surface area contributed by atoms with Gasteiger partial charge in [-0.2, -0.15) is 10.1 Å². The lowest BCUT2D eigenvalue weighted by Crippen LogP contribution is -2.43. The molecule has 4 aromatic rings. The second-order valence-electron chi connectivity index (χ2n) is 9.79. The number of nitrogens with one attached hydrogen (secondary N) is 2. The minimum absolute atomic E-state index is 0.289. The number of piperazine rings is 1. The number of aromatic nitrogens is 4.